The van der Waals surface area contributed by atoms with Crippen LogP contribution in [0, 0.1) is 5.92 Å². The highest BCUT2D eigenvalue weighted by atomic mass is 32.2. The van der Waals surface area contributed by atoms with Crippen molar-refractivity contribution in [3.63, 3.8) is 0 Å². The average Bonchev–Trinajstić information content (AvgIpc) is 2.84. The van der Waals surface area contributed by atoms with Crippen molar-refractivity contribution in [1.29, 1.82) is 0 Å². The molecule has 0 spiro atoms. The molecule has 6 heteroatoms. The number of nitrogens with zero attached hydrogens (tertiary/aromatic N) is 1. The number of carbonyl (C=O) groups is 1. The van der Waals surface area contributed by atoms with Crippen LogP contribution in [-0.4, -0.2) is 32.1 Å². The maximum atomic E-state index is 12.3. The van der Waals surface area contributed by atoms with E-state index in [9.17, 15) is 13.2 Å². The molecule has 1 aromatic rings. The van der Waals surface area contributed by atoms with Gasteiger partial charge in [0.25, 0.3) is 10.0 Å². The molecule has 0 saturated carbocycles. The van der Waals surface area contributed by atoms with E-state index in [1.54, 1.807) is 6.92 Å². The molecule has 18 heavy (non-hydrogen) atoms. The Labute approximate surface area is 108 Å². The first-order valence-electron chi connectivity index (χ1n) is 6.00. The molecule has 0 aliphatic heterocycles. The van der Waals surface area contributed by atoms with Crippen LogP contribution >= 0.6 is 0 Å². The molecule has 0 N–H and O–H groups in total. The number of sulfonamides is 1. The first-order chi connectivity index (χ1) is 8.45. The lowest BCUT2D eigenvalue weighted by Crippen LogP contribution is -2.34. The average molecular weight is 273 g/mol. The lowest BCUT2D eigenvalue weighted by atomic mass is 10.1. The van der Waals surface area contributed by atoms with Crippen molar-refractivity contribution in [1.82, 2.24) is 4.31 Å². The smallest absolute Gasteiger partial charge is 0.276 e. The molecule has 0 bridgehead atoms. The Morgan fingerprint density at radius 3 is 2.50 bits per heavy atom. The van der Waals surface area contributed by atoms with Crippen LogP contribution in [0.1, 0.15) is 37.7 Å². The van der Waals surface area contributed by atoms with Gasteiger partial charge in [0.2, 0.25) is 5.09 Å². The second-order valence-electron chi connectivity index (χ2n) is 4.24. The van der Waals surface area contributed by atoms with Gasteiger partial charge in [-0.3, -0.25) is 4.79 Å². The number of hydrogen-bond donors (Lipinski definition) is 0. The van der Waals surface area contributed by atoms with E-state index in [4.69, 9.17) is 4.42 Å². The van der Waals surface area contributed by atoms with E-state index in [2.05, 4.69) is 0 Å². The molecule has 0 saturated heterocycles. The van der Waals surface area contributed by atoms with Crippen molar-refractivity contribution in [2.45, 2.75) is 32.3 Å². The van der Waals surface area contributed by atoms with Crippen LogP contribution in [0.5, 0.6) is 0 Å². The van der Waals surface area contributed by atoms with E-state index in [-0.39, 0.29) is 16.8 Å². The fourth-order valence-electron chi connectivity index (χ4n) is 1.54. The first kappa shape index (κ1) is 14.9. The molecule has 0 amide bonds. The van der Waals surface area contributed by atoms with E-state index in [0.717, 1.165) is 6.42 Å². The predicted molar refractivity (Wildman–Crippen MR) is 68.0 cm³/mol. The van der Waals surface area contributed by atoms with Crippen LogP contribution in [0.15, 0.2) is 21.6 Å². The molecule has 0 radical (unpaired) electrons. The van der Waals surface area contributed by atoms with Gasteiger partial charge in [-0.1, -0.05) is 27.2 Å². The highest BCUT2D eigenvalue weighted by Crippen LogP contribution is 2.19. The van der Waals surface area contributed by atoms with Crippen LogP contribution in [0.4, 0.5) is 0 Å². The molecule has 1 aromatic heterocycles. The van der Waals surface area contributed by atoms with E-state index in [1.807, 2.05) is 13.8 Å². The van der Waals surface area contributed by atoms with Crippen LogP contribution in [0.25, 0.3) is 0 Å². The van der Waals surface area contributed by atoms with Crippen molar-refractivity contribution in [3.05, 3.63) is 17.9 Å². The maximum Gasteiger partial charge on any atom is 0.276 e. The van der Waals surface area contributed by atoms with Gasteiger partial charge in [0, 0.05) is 13.1 Å². The minimum atomic E-state index is -3.64. The molecule has 0 fully saturated rings. The van der Waals surface area contributed by atoms with Crippen molar-refractivity contribution in [2.75, 3.05) is 13.1 Å². The third kappa shape index (κ3) is 3.20. The Bertz CT molecular complexity index is 492. The molecule has 1 rings (SSSR count). The van der Waals surface area contributed by atoms with Crippen molar-refractivity contribution in [3.8, 4) is 0 Å². The van der Waals surface area contributed by atoms with Crippen molar-refractivity contribution >= 4 is 16.3 Å². The Balaban J connectivity index is 2.98. The van der Waals surface area contributed by atoms with Gasteiger partial charge in [-0.15, -0.1) is 0 Å². The van der Waals surface area contributed by atoms with Crippen molar-refractivity contribution < 1.29 is 17.6 Å². The molecular formula is C12H19NO4S. The zero-order chi connectivity index (χ0) is 13.8. The highest BCUT2D eigenvalue weighted by Gasteiger charge is 2.27. The van der Waals surface area contributed by atoms with Crippen LogP contribution in [-0.2, 0) is 10.0 Å². The second-order valence-corrected chi connectivity index (χ2v) is 6.11. The minimum Gasteiger partial charge on any atom is -0.440 e. The molecule has 1 unspecified atom stereocenters. The fourth-order valence-corrected chi connectivity index (χ4v) is 3.02. The molecule has 1 atom stereocenters. The third-order valence-corrected chi connectivity index (χ3v) is 4.69. The Hall–Kier alpha value is -1.14. The lowest BCUT2D eigenvalue weighted by molar-refractivity contribution is 0.109. The second kappa shape index (κ2) is 6.15. The summed E-state index contributed by atoms with van der Waals surface area (Å²) in [5.74, 6) is 0.299. The summed E-state index contributed by atoms with van der Waals surface area (Å²) in [6.07, 6.45) is 1.40. The van der Waals surface area contributed by atoms with Crippen molar-refractivity contribution in [2.24, 2.45) is 5.92 Å². The molecule has 5 nitrogen and oxygen atoms in total. The summed E-state index contributed by atoms with van der Waals surface area (Å²) in [6.45, 7) is 6.62. The number of furan rings is 1. The zero-order valence-corrected chi connectivity index (χ0v) is 11.7. The van der Waals surface area contributed by atoms with E-state index in [1.165, 1.54) is 16.4 Å². The fraction of sp³-hybridized carbons (Fsp3) is 0.583. The van der Waals surface area contributed by atoms with Gasteiger partial charge in [-0.25, -0.2) is 8.42 Å². The van der Waals surface area contributed by atoms with E-state index < -0.39 is 10.0 Å². The number of rotatable bonds is 7. The first-order valence-corrected chi connectivity index (χ1v) is 7.44. The quantitative estimate of drug-likeness (QED) is 0.714. The molecule has 1 heterocycles. The summed E-state index contributed by atoms with van der Waals surface area (Å²) in [5.41, 5.74) is 0. The number of carbonyl (C=O) groups excluding carboxylic acids is 1. The third-order valence-electron chi connectivity index (χ3n) is 2.88. The standard InChI is InChI=1S/C12H19NO4S/c1-4-10(3)8-13(5-2)18(15,16)12-7-6-11(9-14)17-12/h6-7,9-10H,4-5,8H2,1-3H3. The molecule has 102 valence electrons. The molecule has 0 aliphatic rings. The summed E-state index contributed by atoms with van der Waals surface area (Å²) in [5, 5.41) is -0.172. The molecule has 0 aliphatic carbocycles. The summed E-state index contributed by atoms with van der Waals surface area (Å²) < 4.78 is 30.9. The van der Waals surface area contributed by atoms with E-state index >= 15 is 0 Å². The SMILES string of the molecule is CCC(C)CN(CC)S(=O)(=O)c1ccc(C=O)o1. The molecule has 0 aromatic carbocycles. The van der Waals surface area contributed by atoms with Crippen LogP contribution in [0.2, 0.25) is 0 Å². The number of aldehydes is 1. The van der Waals surface area contributed by atoms with Gasteiger partial charge in [0.15, 0.2) is 12.0 Å². The van der Waals surface area contributed by atoms with Gasteiger partial charge in [-0.05, 0) is 18.1 Å². The summed E-state index contributed by atoms with van der Waals surface area (Å²) in [6, 6.07) is 2.68. The zero-order valence-electron chi connectivity index (χ0n) is 10.9. The van der Waals surface area contributed by atoms with Crippen LogP contribution in [0.3, 0.4) is 0 Å². The van der Waals surface area contributed by atoms with E-state index in [0.29, 0.717) is 19.4 Å². The van der Waals surface area contributed by atoms with Gasteiger partial charge in [0.05, 0.1) is 0 Å². The van der Waals surface area contributed by atoms with Gasteiger partial charge in [0.1, 0.15) is 0 Å². The normalized spacial score (nSPS) is 13.8. The molecular weight excluding hydrogens is 254 g/mol. The summed E-state index contributed by atoms with van der Waals surface area (Å²) in [4.78, 5) is 10.5. The Morgan fingerprint density at radius 2 is 2.06 bits per heavy atom. The lowest BCUT2D eigenvalue weighted by Gasteiger charge is -2.22. The monoisotopic (exact) mass is 273 g/mol. The van der Waals surface area contributed by atoms with Gasteiger partial charge in [-0.2, -0.15) is 4.31 Å². The Kier molecular flexibility index (Phi) is 5.10. The van der Waals surface area contributed by atoms with Gasteiger partial charge < -0.3 is 4.42 Å². The largest absolute Gasteiger partial charge is 0.440 e. The highest BCUT2D eigenvalue weighted by molar-refractivity contribution is 7.89. The maximum absolute atomic E-state index is 12.3. The predicted octanol–water partition coefficient (Wildman–Crippen LogP) is 2.15. The minimum absolute atomic E-state index is 0.0215. The topological polar surface area (TPSA) is 67.6 Å². The Morgan fingerprint density at radius 1 is 1.39 bits per heavy atom. The van der Waals surface area contributed by atoms with Crippen LogP contribution < -0.4 is 0 Å². The summed E-state index contributed by atoms with van der Waals surface area (Å²) in [7, 11) is -3.64. The number of hydrogen-bond acceptors (Lipinski definition) is 4. The van der Waals surface area contributed by atoms with Gasteiger partial charge >= 0.3 is 0 Å². The summed E-state index contributed by atoms with van der Waals surface area (Å²) >= 11 is 0.